The first kappa shape index (κ1) is 19.0. The zero-order chi connectivity index (χ0) is 21.7. The average Bonchev–Trinajstić information content (AvgIpc) is 3.60. The molecule has 0 saturated carbocycles. The highest BCUT2D eigenvalue weighted by Gasteiger charge is 2.30. The van der Waals surface area contributed by atoms with Gasteiger partial charge in [0.1, 0.15) is 17.5 Å². The maximum atomic E-state index is 14.5. The number of fused-ring (bicyclic) bond motifs is 1. The van der Waals surface area contributed by atoms with Crippen molar-refractivity contribution in [1.82, 2.24) is 35.0 Å². The summed E-state index contributed by atoms with van der Waals surface area (Å²) in [4.78, 5) is 6.84. The lowest BCUT2D eigenvalue weighted by Crippen LogP contribution is -2.24. The summed E-state index contributed by atoms with van der Waals surface area (Å²) in [5, 5.41) is 21.1. The summed E-state index contributed by atoms with van der Waals surface area (Å²) < 4.78 is 30.0. The van der Waals surface area contributed by atoms with Gasteiger partial charge in [-0.15, -0.1) is 10.2 Å². The fourth-order valence-electron chi connectivity index (χ4n) is 4.12. The van der Waals surface area contributed by atoms with E-state index in [1.165, 1.54) is 23.5 Å². The molecule has 1 aromatic carbocycles. The molecule has 4 aromatic heterocycles. The van der Waals surface area contributed by atoms with Crippen LogP contribution in [-0.2, 0) is 0 Å². The van der Waals surface area contributed by atoms with E-state index in [1.807, 2.05) is 23.2 Å². The molecule has 1 unspecified atom stereocenters. The Morgan fingerprint density at radius 2 is 2.00 bits per heavy atom. The van der Waals surface area contributed by atoms with Crippen LogP contribution in [0.15, 0.2) is 48.9 Å². The predicted molar refractivity (Wildman–Crippen MR) is 115 cm³/mol. The lowest BCUT2D eigenvalue weighted by Gasteiger charge is -2.26. The van der Waals surface area contributed by atoms with Gasteiger partial charge in [-0.1, -0.05) is 11.3 Å². The highest BCUT2D eigenvalue weighted by Crippen LogP contribution is 2.38. The second-order valence-corrected chi connectivity index (χ2v) is 8.49. The number of aromatic nitrogens is 7. The van der Waals surface area contributed by atoms with Crippen LogP contribution in [0.3, 0.4) is 0 Å². The van der Waals surface area contributed by atoms with Gasteiger partial charge in [0.05, 0.1) is 23.5 Å². The Morgan fingerprint density at radius 3 is 2.88 bits per heavy atom. The quantitative estimate of drug-likeness (QED) is 0.440. The molecule has 1 saturated heterocycles. The number of H-pyrrole nitrogens is 1. The Balaban J connectivity index is 1.39. The molecule has 5 heterocycles. The molecule has 8 nitrogen and oxygen atoms in total. The number of halogens is 2. The Morgan fingerprint density at radius 1 is 1.09 bits per heavy atom. The lowest BCUT2D eigenvalue weighted by molar-refractivity contribution is 0.560. The van der Waals surface area contributed by atoms with Crippen molar-refractivity contribution >= 4 is 22.8 Å². The summed E-state index contributed by atoms with van der Waals surface area (Å²) in [7, 11) is 0. The van der Waals surface area contributed by atoms with Crippen LogP contribution in [-0.4, -0.2) is 41.5 Å². The van der Waals surface area contributed by atoms with E-state index in [-0.39, 0.29) is 6.04 Å². The molecular weight excluding hydrogens is 434 g/mol. The number of aromatic amines is 1. The first-order valence-corrected chi connectivity index (χ1v) is 10.9. The standard InChI is InChI=1S/C21H16F2N8S/c22-12-3-4-15(23)13(10-12)17-2-1-8-30(17)18-6-9-31-19(26-18)14(11-25-31)20-28-29-21(32-20)16-5-7-24-27-16/h3-7,9-11,17H,1-2,8H2,(H,24,27). The second kappa shape index (κ2) is 7.45. The Kier molecular flexibility index (Phi) is 4.42. The lowest BCUT2D eigenvalue weighted by atomic mass is 10.0. The number of rotatable bonds is 4. The van der Waals surface area contributed by atoms with E-state index in [2.05, 4.69) is 25.5 Å². The molecule has 1 aliphatic heterocycles. The minimum absolute atomic E-state index is 0.277. The molecule has 1 fully saturated rings. The van der Waals surface area contributed by atoms with Crippen LogP contribution >= 0.6 is 11.3 Å². The predicted octanol–water partition coefficient (Wildman–Crippen LogP) is 4.26. The second-order valence-electron chi connectivity index (χ2n) is 7.51. The van der Waals surface area contributed by atoms with Gasteiger partial charge in [-0.3, -0.25) is 5.10 Å². The van der Waals surface area contributed by atoms with Crippen LogP contribution < -0.4 is 4.90 Å². The third kappa shape index (κ3) is 3.12. The summed E-state index contributed by atoms with van der Waals surface area (Å²) in [6, 6.07) is 6.99. The molecule has 0 aliphatic carbocycles. The van der Waals surface area contributed by atoms with Crippen LogP contribution in [0.4, 0.5) is 14.6 Å². The number of nitrogens with zero attached hydrogens (tertiary/aromatic N) is 7. The normalized spacial score (nSPS) is 16.3. The Bertz CT molecular complexity index is 1410. The van der Waals surface area contributed by atoms with Gasteiger partial charge in [-0.05, 0) is 43.2 Å². The molecule has 0 amide bonds. The van der Waals surface area contributed by atoms with E-state index in [4.69, 9.17) is 4.98 Å². The van der Waals surface area contributed by atoms with Gasteiger partial charge in [0.2, 0.25) is 0 Å². The van der Waals surface area contributed by atoms with Gasteiger partial charge in [0.15, 0.2) is 15.7 Å². The molecule has 5 aromatic rings. The van der Waals surface area contributed by atoms with Gasteiger partial charge in [-0.25, -0.2) is 18.3 Å². The summed E-state index contributed by atoms with van der Waals surface area (Å²) in [6.45, 7) is 0.704. The van der Waals surface area contributed by atoms with Crippen molar-refractivity contribution in [1.29, 1.82) is 0 Å². The molecule has 0 bridgehead atoms. The van der Waals surface area contributed by atoms with Crippen LogP contribution in [0.1, 0.15) is 24.4 Å². The van der Waals surface area contributed by atoms with E-state index in [0.29, 0.717) is 33.6 Å². The zero-order valence-corrected chi connectivity index (χ0v) is 17.4. The Labute approximate surface area is 184 Å². The van der Waals surface area contributed by atoms with E-state index < -0.39 is 11.6 Å². The highest BCUT2D eigenvalue weighted by atomic mass is 32.1. The number of hydrogen-bond acceptors (Lipinski definition) is 7. The summed E-state index contributed by atoms with van der Waals surface area (Å²) >= 11 is 1.41. The van der Waals surface area contributed by atoms with E-state index in [9.17, 15) is 8.78 Å². The van der Waals surface area contributed by atoms with Gasteiger partial charge < -0.3 is 4.90 Å². The van der Waals surface area contributed by atoms with Crippen LogP contribution in [0, 0.1) is 11.6 Å². The molecule has 160 valence electrons. The molecular formula is C21H16F2N8S. The molecule has 1 aliphatic rings. The smallest absolute Gasteiger partial charge is 0.167 e. The minimum atomic E-state index is -0.445. The molecule has 0 radical (unpaired) electrons. The van der Waals surface area contributed by atoms with Crippen molar-refractivity contribution in [2.75, 3.05) is 11.4 Å². The Hall–Kier alpha value is -3.73. The van der Waals surface area contributed by atoms with Crippen LogP contribution in [0.2, 0.25) is 0 Å². The first-order valence-electron chi connectivity index (χ1n) is 10.1. The van der Waals surface area contributed by atoms with Crippen LogP contribution in [0.25, 0.3) is 26.9 Å². The molecule has 32 heavy (non-hydrogen) atoms. The number of anilines is 1. The van der Waals surface area contributed by atoms with E-state index in [1.54, 1.807) is 16.9 Å². The largest absolute Gasteiger partial charge is 0.349 e. The number of benzene rings is 1. The fraction of sp³-hybridized carbons (Fsp3) is 0.190. The van der Waals surface area contributed by atoms with E-state index in [0.717, 1.165) is 30.2 Å². The molecule has 1 N–H and O–H groups in total. The van der Waals surface area contributed by atoms with Gasteiger partial charge in [0, 0.05) is 24.5 Å². The minimum Gasteiger partial charge on any atom is -0.349 e. The summed E-state index contributed by atoms with van der Waals surface area (Å²) in [5.41, 5.74) is 2.52. The first-order chi connectivity index (χ1) is 15.7. The van der Waals surface area contributed by atoms with Crippen molar-refractivity contribution in [3.8, 4) is 21.3 Å². The van der Waals surface area contributed by atoms with Gasteiger partial charge in [-0.2, -0.15) is 10.2 Å². The van der Waals surface area contributed by atoms with Crippen LogP contribution in [0.5, 0.6) is 0 Å². The molecule has 1 atom stereocenters. The monoisotopic (exact) mass is 450 g/mol. The molecule has 6 rings (SSSR count). The summed E-state index contributed by atoms with van der Waals surface area (Å²) in [6.07, 6.45) is 6.77. The highest BCUT2D eigenvalue weighted by molar-refractivity contribution is 7.18. The topological polar surface area (TPSA) is 87.9 Å². The van der Waals surface area contributed by atoms with Gasteiger partial charge >= 0.3 is 0 Å². The maximum Gasteiger partial charge on any atom is 0.167 e. The van der Waals surface area contributed by atoms with Crippen molar-refractivity contribution in [3.63, 3.8) is 0 Å². The molecule has 0 spiro atoms. The fourth-order valence-corrected chi connectivity index (χ4v) is 4.94. The maximum absolute atomic E-state index is 14.5. The number of hydrogen-bond donors (Lipinski definition) is 1. The average molecular weight is 450 g/mol. The molecule has 11 heteroatoms. The van der Waals surface area contributed by atoms with Crippen molar-refractivity contribution < 1.29 is 8.78 Å². The third-order valence-corrected chi connectivity index (χ3v) is 6.59. The zero-order valence-electron chi connectivity index (χ0n) is 16.6. The van der Waals surface area contributed by atoms with Crippen molar-refractivity contribution in [3.05, 3.63) is 66.1 Å². The number of nitrogens with one attached hydrogen (secondary N) is 1. The SMILES string of the molecule is Fc1ccc(F)c(C2CCCN2c2ccn3ncc(-c4nnc(-c5ccn[nH]5)s4)c3n2)c1. The third-order valence-electron chi connectivity index (χ3n) is 5.61. The van der Waals surface area contributed by atoms with Crippen molar-refractivity contribution in [2.24, 2.45) is 0 Å². The summed E-state index contributed by atoms with van der Waals surface area (Å²) in [5.74, 6) is -0.169. The van der Waals surface area contributed by atoms with Crippen molar-refractivity contribution in [2.45, 2.75) is 18.9 Å². The van der Waals surface area contributed by atoms with E-state index >= 15 is 0 Å². The van der Waals surface area contributed by atoms with Gasteiger partial charge in [0.25, 0.3) is 0 Å².